The number of nitriles is 2. The van der Waals surface area contributed by atoms with E-state index in [9.17, 15) is 4.79 Å². The van der Waals surface area contributed by atoms with E-state index >= 15 is 0 Å². The molecule has 0 aliphatic rings. The maximum atomic E-state index is 10.4. The fourth-order valence-corrected chi connectivity index (χ4v) is 0.759. The molecule has 0 unspecified atom stereocenters. The monoisotopic (exact) mass is 194 g/mol. The van der Waals surface area contributed by atoms with Crippen molar-refractivity contribution >= 4 is 17.9 Å². The van der Waals surface area contributed by atoms with Crippen LogP contribution in [0.4, 0.5) is 4.79 Å². The average molecular weight is 194 g/mol. The van der Waals surface area contributed by atoms with E-state index in [2.05, 4.69) is 22.5 Å². The summed E-state index contributed by atoms with van der Waals surface area (Å²) < 4.78 is 0.786. The fraction of sp³-hybridized carbons (Fsp3) is 0. The highest BCUT2D eigenvalue weighted by Gasteiger charge is 2.11. The largest absolute Gasteiger partial charge is 0.388 e. The van der Waals surface area contributed by atoms with Gasteiger partial charge in [0.25, 0.3) is 0 Å². The lowest BCUT2D eigenvalue weighted by Crippen LogP contribution is -2.14. The maximum Gasteiger partial charge on any atom is 0.388 e. The molecule has 0 saturated carbocycles. The summed E-state index contributed by atoms with van der Waals surface area (Å²) in [7, 11) is 0. The Labute approximate surface area is 78.3 Å². The summed E-state index contributed by atoms with van der Waals surface area (Å²) in [6, 6.07) is 3.34. The van der Waals surface area contributed by atoms with E-state index in [4.69, 9.17) is 10.5 Å². The van der Waals surface area contributed by atoms with Crippen molar-refractivity contribution in [1.29, 1.82) is 10.5 Å². The summed E-state index contributed by atoms with van der Waals surface area (Å²) in [6.07, 6.45) is 1.05. The van der Waals surface area contributed by atoms with E-state index in [1.54, 1.807) is 12.1 Å². The maximum absolute atomic E-state index is 10.4. The van der Waals surface area contributed by atoms with Crippen molar-refractivity contribution < 1.29 is 9.63 Å². The molecule has 0 saturated heterocycles. The molecule has 0 aliphatic heterocycles. The highest BCUT2D eigenvalue weighted by Crippen LogP contribution is 2.03. The Morgan fingerprint density at radius 3 is 2.77 bits per heavy atom. The first-order valence-corrected chi connectivity index (χ1v) is 3.42. The van der Waals surface area contributed by atoms with Crippen molar-refractivity contribution in [2.45, 2.75) is 0 Å². The van der Waals surface area contributed by atoms with Crippen molar-refractivity contribution in [1.82, 2.24) is 9.71 Å². The molecule has 1 heterocycles. The predicted octanol–water partition coefficient (Wildman–Crippen LogP) is 0.105. The Hall–Kier alpha value is -1.99. The molecule has 13 heavy (non-hydrogen) atoms. The zero-order valence-corrected chi connectivity index (χ0v) is 7.02. The van der Waals surface area contributed by atoms with Crippen molar-refractivity contribution in [2.24, 2.45) is 0 Å². The minimum atomic E-state index is -0.890. The lowest BCUT2D eigenvalue weighted by molar-refractivity contribution is 0.160. The van der Waals surface area contributed by atoms with Crippen molar-refractivity contribution in [2.75, 3.05) is 0 Å². The van der Waals surface area contributed by atoms with Gasteiger partial charge in [0.2, 0.25) is 0 Å². The van der Waals surface area contributed by atoms with Gasteiger partial charge in [-0.2, -0.15) is 10.5 Å². The van der Waals surface area contributed by atoms with Gasteiger partial charge in [0, 0.05) is 0 Å². The van der Waals surface area contributed by atoms with Crippen LogP contribution in [-0.4, -0.2) is 15.0 Å². The third-order valence-corrected chi connectivity index (χ3v) is 1.21. The second kappa shape index (κ2) is 3.61. The van der Waals surface area contributed by atoms with Crippen LogP contribution in [0.15, 0.2) is 6.33 Å². The van der Waals surface area contributed by atoms with Gasteiger partial charge in [-0.05, 0) is 0 Å². The Morgan fingerprint density at radius 2 is 2.31 bits per heavy atom. The second-order valence-electron chi connectivity index (χ2n) is 1.85. The molecule has 0 fully saturated rings. The van der Waals surface area contributed by atoms with Crippen LogP contribution in [0.1, 0.15) is 11.4 Å². The number of thiol groups is 1. The zero-order chi connectivity index (χ0) is 9.84. The Balaban J connectivity index is 3.12. The number of nitrogens with zero attached hydrogens (tertiary/aromatic N) is 4. The smallest absolute Gasteiger partial charge is 0.323 e. The van der Waals surface area contributed by atoms with Crippen molar-refractivity contribution in [3.63, 3.8) is 0 Å². The molecular formula is C6H2N4O2S. The van der Waals surface area contributed by atoms with Gasteiger partial charge < -0.3 is 4.84 Å². The van der Waals surface area contributed by atoms with E-state index in [-0.39, 0.29) is 11.4 Å². The number of aromatic nitrogens is 2. The number of hydrogen-bond acceptors (Lipinski definition) is 5. The summed E-state index contributed by atoms with van der Waals surface area (Å²) in [5.74, 6) is 0. The molecule has 0 aromatic carbocycles. The van der Waals surface area contributed by atoms with Crippen LogP contribution in [0, 0.1) is 22.7 Å². The standard InChI is InChI=1S/C6H2N4O2S/c7-1-4-5(2-8)10(3-9-4)12-6(11)13/h3H,(H,11,13). The topological polar surface area (TPSA) is 91.7 Å². The molecule has 0 bridgehead atoms. The quantitative estimate of drug-likeness (QED) is 0.640. The van der Waals surface area contributed by atoms with E-state index in [1.165, 1.54) is 0 Å². The van der Waals surface area contributed by atoms with Gasteiger partial charge in [-0.15, -0.1) is 4.73 Å². The number of imidazole rings is 1. The highest BCUT2D eigenvalue weighted by molar-refractivity contribution is 7.96. The Kier molecular flexibility index (Phi) is 2.52. The number of rotatable bonds is 1. The van der Waals surface area contributed by atoms with Gasteiger partial charge in [-0.3, -0.25) is 0 Å². The van der Waals surface area contributed by atoms with Crippen LogP contribution in [0.3, 0.4) is 0 Å². The molecule has 0 amide bonds. The molecule has 0 spiro atoms. The second-order valence-corrected chi connectivity index (χ2v) is 2.21. The molecule has 1 aromatic heterocycles. The van der Waals surface area contributed by atoms with Gasteiger partial charge >= 0.3 is 5.30 Å². The van der Waals surface area contributed by atoms with E-state index in [1.807, 2.05) is 0 Å². The zero-order valence-electron chi connectivity index (χ0n) is 6.13. The third kappa shape index (κ3) is 1.78. The molecule has 0 aliphatic carbocycles. The van der Waals surface area contributed by atoms with Gasteiger partial charge in [0.1, 0.15) is 18.5 Å². The molecule has 1 rings (SSSR count). The SMILES string of the molecule is N#Cc1ncn(OC(=O)S)c1C#N. The number of carbonyl (C=O) groups is 1. The summed E-state index contributed by atoms with van der Waals surface area (Å²) >= 11 is 3.33. The Bertz CT molecular complexity index is 425. The molecule has 0 N–H and O–H groups in total. The lowest BCUT2D eigenvalue weighted by Gasteiger charge is -1.98. The van der Waals surface area contributed by atoms with E-state index < -0.39 is 5.30 Å². The van der Waals surface area contributed by atoms with Crippen LogP contribution < -0.4 is 4.84 Å². The van der Waals surface area contributed by atoms with Crippen molar-refractivity contribution in [3.8, 4) is 12.1 Å². The first kappa shape index (κ1) is 9.10. The highest BCUT2D eigenvalue weighted by atomic mass is 32.1. The average Bonchev–Trinajstić information content (AvgIpc) is 2.45. The molecule has 0 atom stereocenters. The van der Waals surface area contributed by atoms with E-state index in [0.717, 1.165) is 11.1 Å². The summed E-state index contributed by atoms with van der Waals surface area (Å²) in [5.41, 5.74) is -0.234. The minimum absolute atomic E-state index is 0.0999. The van der Waals surface area contributed by atoms with Crippen molar-refractivity contribution in [3.05, 3.63) is 17.7 Å². The lowest BCUT2D eigenvalue weighted by atomic mass is 10.4. The molecule has 6 nitrogen and oxygen atoms in total. The molecular weight excluding hydrogens is 192 g/mol. The van der Waals surface area contributed by atoms with Crippen LogP contribution >= 0.6 is 12.6 Å². The summed E-state index contributed by atoms with van der Waals surface area (Å²) in [6.45, 7) is 0. The minimum Gasteiger partial charge on any atom is -0.323 e. The fourth-order valence-electron chi connectivity index (χ4n) is 0.671. The van der Waals surface area contributed by atoms with Gasteiger partial charge in [0.05, 0.1) is 0 Å². The number of carbonyl (C=O) groups excluding carboxylic acids is 1. The first-order chi connectivity index (χ1) is 6.19. The first-order valence-electron chi connectivity index (χ1n) is 2.98. The van der Waals surface area contributed by atoms with Gasteiger partial charge in [0.15, 0.2) is 11.4 Å². The van der Waals surface area contributed by atoms with Gasteiger partial charge in [-0.1, -0.05) is 12.6 Å². The normalized spacial score (nSPS) is 8.54. The summed E-state index contributed by atoms with van der Waals surface area (Å²) in [4.78, 5) is 18.3. The molecule has 64 valence electrons. The Morgan fingerprint density at radius 1 is 1.62 bits per heavy atom. The van der Waals surface area contributed by atoms with Crippen LogP contribution in [0.5, 0.6) is 0 Å². The molecule has 1 aromatic rings. The third-order valence-electron chi connectivity index (χ3n) is 1.12. The van der Waals surface area contributed by atoms with Crippen LogP contribution in [0.2, 0.25) is 0 Å². The molecule has 7 heteroatoms. The van der Waals surface area contributed by atoms with Crippen LogP contribution in [0.25, 0.3) is 0 Å². The number of hydrogen-bond donors (Lipinski definition) is 1. The van der Waals surface area contributed by atoms with E-state index in [0.29, 0.717) is 0 Å². The predicted molar refractivity (Wildman–Crippen MR) is 42.6 cm³/mol. The summed E-state index contributed by atoms with van der Waals surface area (Å²) in [5, 5.41) is 16.1. The van der Waals surface area contributed by atoms with Crippen LogP contribution in [-0.2, 0) is 0 Å². The van der Waals surface area contributed by atoms with Gasteiger partial charge in [-0.25, -0.2) is 9.78 Å². The molecule has 0 radical (unpaired) electrons.